The van der Waals surface area contributed by atoms with Crippen molar-refractivity contribution in [3.05, 3.63) is 34.9 Å². The van der Waals surface area contributed by atoms with Crippen LogP contribution in [0.1, 0.15) is 59.0 Å². The van der Waals surface area contributed by atoms with Crippen molar-refractivity contribution in [3.8, 4) is 0 Å². The van der Waals surface area contributed by atoms with Crippen LogP contribution < -0.4 is 0 Å². The highest BCUT2D eigenvalue weighted by Crippen LogP contribution is 2.50. The van der Waals surface area contributed by atoms with Crippen LogP contribution in [0.15, 0.2) is 18.2 Å². The smallest absolute Gasteiger partial charge is 0.335 e. The Morgan fingerprint density at radius 1 is 1.13 bits per heavy atom. The number of aromatic carboxylic acids is 1. The minimum absolute atomic E-state index is 0.511. The topological polar surface area (TPSA) is 37.3 Å². The first kappa shape index (κ1) is 8.96. The van der Waals surface area contributed by atoms with E-state index in [1.165, 1.54) is 31.2 Å². The van der Waals surface area contributed by atoms with Gasteiger partial charge in [-0.25, -0.2) is 4.79 Å². The zero-order chi connectivity index (χ0) is 10.4. The van der Waals surface area contributed by atoms with Crippen molar-refractivity contribution in [1.29, 1.82) is 0 Å². The van der Waals surface area contributed by atoms with E-state index in [1.54, 1.807) is 6.07 Å². The average molecular weight is 202 g/mol. The molecular weight excluding hydrogens is 188 g/mol. The minimum Gasteiger partial charge on any atom is -0.478 e. The van der Waals surface area contributed by atoms with Crippen LogP contribution in [0.4, 0.5) is 0 Å². The molecule has 0 aliphatic heterocycles. The summed E-state index contributed by atoms with van der Waals surface area (Å²) in [6.45, 7) is 0. The van der Waals surface area contributed by atoms with Gasteiger partial charge in [-0.05, 0) is 54.7 Å². The second-order valence-electron chi connectivity index (χ2n) is 4.66. The maximum absolute atomic E-state index is 11.1. The molecular formula is C13H14O2. The van der Waals surface area contributed by atoms with Crippen molar-refractivity contribution < 1.29 is 9.90 Å². The van der Waals surface area contributed by atoms with Crippen LogP contribution in [0.3, 0.4) is 0 Å². The summed E-state index contributed by atoms with van der Waals surface area (Å²) in [5.41, 5.74) is 3.01. The fourth-order valence-corrected chi connectivity index (χ4v) is 3.27. The summed E-state index contributed by atoms with van der Waals surface area (Å²) in [4.78, 5) is 11.1. The first-order valence-corrected chi connectivity index (χ1v) is 5.63. The van der Waals surface area contributed by atoms with E-state index >= 15 is 0 Å². The van der Waals surface area contributed by atoms with Gasteiger partial charge >= 0.3 is 5.97 Å². The zero-order valence-electron chi connectivity index (χ0n) is 8.57. The van der Waals surface area contributed by atoms with E-state index in [9.17, 15) is 4.79 Å². The highest BCUT2D eigenvalue weighted by Gasteiger charge is 2.35. The summed E-state index contributed by atoms with van der Waals surface area (Å²) in [6, 6.07) is 5.77. The van der Waals surface area contributed by atoms with Gasteiger partial charge in [0.15, 0.2) is 0 Å². The number of fused-ring (bicyclic) bond motifs is 2. The predicted molar refractivity (Wildman–Crippen MR) is 57.4 cm³/mol. The first-order chi connectivity index (χ1) is 7.27. The molecule has 2 nitrogen and oxygen atoms in total. The molecule has 2 bridgehead atoms. The van der Waals surface area contributed by atoms with E-state index in [0.29, 0.717) is 17.4 Å². The van der Waals surface area contributed by atoms with Gasteiger partial charge in [-0.2, -0.15) is 0 Å². The molecule has 1 aromatic rings. The molecule has 0 unspecified atom stereocenters. The molecule has 0 spiro atoms. The van der Waals surface area contributed by atoms with Crippen LogP contribution in [-0.2, 0) is 0 Å². The normalized spacial score (nSPS) is 27.5. The maximum Gasteiger partial charge on any atom is 0.335 e. The lowest BCUT2D eigenvalue weighted by Crippen LogP contribution is -2.24. The summed E-state index contributed by atoms with van der Waals surface area (Å²) in [5, 5.41) is 9.17. The third-order valence-electron chi connectivity index (χ3n) is 3.95. The van der Waals surface area contributed by atoms with Gasteiger partial charge < -0.3 is 5.11 Å². The summed E-state index contributed by atoms with van der Waals surface area (Å²) in [7, 11) is 0. The maximum atomic E-state index is 11.1. The third-order valence-corrected chi connectivity index (χ3v) is 3.95. The highest BCUT2D eigenvalue weighted by atomic mass is 16.4. The third kappa shape index (κ3) is 1.21. The van der Waals surface area contributed by atoms with Gasteiger partial charge in [0.2, 0.25) is 0 Å². The molecule has 3 aliphatic rings. The van der Waals surface area contributed by atoms with Crippen LogP contribution in [0.25, 0.3) is 0 Å². The summed E-state index contributed by atoms with van der Waals surface area (Å²) >= 11 is 0. The molecule has 1 aromatic carbocycles. The Hall–Kier alpha value is -1.31. The second-order valence-corrected chi connectivity index (χ2v) is 4.66. The van der Waals surface area contributed by atoms with Gasteiger partial charge in [-0.1, -0.05) is 12.1 Å². The number of carboxylic acid groups (broad SMARTS) is 1. The van der Waals surface area contributed by atoms with Gasteiger partial charge in [0, 0.05) is 0 Å². The average Bonchev–Trinajstić information content (AvgIpc) is 2.30. The van der Waals surface area contributed by atoms with Crippen LogP contribution >= 0.6 is 0 Å². The summed E-state index contributed by atoms with van der Waals surface area (Å²) in [5.74, 6) is 0.376. The molecule has 0 amide bonds. The van der Waals surface area contributed by atoms with Gasteiger partial charge in [-0.3, -0.25) is 0 Å². The predicted octanol–water partition coefficient (Wildman–Crippen LogP) is 3.14. The largest absolute Gasteiger partial charge is 0.478 e. The number of benzene rings is 1. The number of rotatable bonds is 1. The van der Waals surface area contributed by atoms with Gasteiger partial charge in [0.25, 0.3) is 0 Å². The Bertz CT molecular complexity index is 415. The number of carboxylic acids is 1. The zero-order valence-corrected chi connectivity index (χ0v) is 8.57. The van der Waals surface area contributed by atoms with Gasteiger partial charge in [-0.15, -0.1) is 0 Å². The molecule has 78 valence electrons. The van der Waals surface area contributed by atoms with E-state index in [4.69, 9.17) is 5.11 Å². The molecule has 0 saturated heterocycles. The van der Waals surface area contributed by atoms with Crippen molar-refractivity contribution in [3.63, 3.8) is 0 Å². The molecule has 3 aliphatic carbocycles. The van der Waals surface area contributed by atoms with Crippen molar-refractivity contribution in [2.45, 2.75) is 37.5 Å². The van der Waals surface area contributed by atoms with E-state index < -0.39 is 5.97 Å². The lowest BCUT2D eigenvalue weighted by molar-refractivity contribution is 0.0693. The van der Waals surface area contributed by atoms with Crippen molar-refractivity contribution in [2.24, 2.45) is 0 Å². The van der Waals surface area contributed by atoms with E-state index in [0.717, 1.165) is 5.56 Å². The van der Waals surface area contributed by atoms with Crippen molar-refractivity contribution in [1.82, 2.24) is 0 Å². The molecule has 0 heterocycles. The first-order valence-electron chi connectivity index (χ1n) is 5.63. The number of hydrogen-bond acceptors (Lipinski definition) is 1. The molecule has 0 atom stereocenters. The van der Waals surface area contributed by atoms with E-state index in [1.807, 2.05) is 6.07 Å². The Kier molecular flexibility index (Phi) is 1.84. The molecule has 0 aromatic heterocycles. The molecule has 0 radical (unpaired) electrons. The molecule has 15 heavy (non-hydrogen) atoms. The quantitative estimate of drug-likeness (QED) is 0.759. The molecule has 2 heteroatoms. The second kappa shape index (κ2) is 3.09. The van der Waals surface area contributed by atoms with Crippen LogP contribution in [0.5, 0.6) is 0 Å². The van der Waals surface area contributed by atoms with E-state index in [2.05, 4.69) is 6.07 Å². The molecule has 1 fully saturated rings. The number of hydrogen-bond donors (Lipinski definition) is 1. The molecule has 1 saturated carbocycles. The number of carbonyl (C=O) groups is 1. The fraction of sp³-hybridized carbons (Fsp3) is 0.462. The molecule has 4 rings (SSSR count). The Morgan fingerprint density at radius 3 is 2.47 bits per heavy atom. The fourth-order valence-electron chi connectivity index (χ4n) is 3.27. The van der Waals surface area contributed by atoms with Crippen LogP contribution in [0, 0.1) is 0 Å². The lowest BCUT2D eigenvalue weighted by atomic mass is 9.66. The van der Waals surface area contributed by atoms with Gasteiger partial charge in [0.05, 0.1) is 5.56 Å². The Labute approximate surface area is 88.9 Å². The summed E-state index contributed by atoms with van der Waals surface area (Å²) in [6.07, 6.45) is 4.87. The monoisotopic (exact) mass is 202 g/mol. The lowest BCUT2D eigenvalue weighted by Gasteiger charge is -2.38. The summed E-state index contributed by atoms with van der Waals surface area (Å²) < 4.78 is 0. The molecule has 1 N–H and O–H groups in total. The van der Waals surface area contributed by atoms with Crippen LogP contribution in [-0.4, -0.2) is 11.1 Å². The minimum atomic E-state index is -0.764. The SMILES string of the molecule is O=C(O)c1cccc2c1C1CCC2CC1. The standard InChI is InChI=1S/C13H14O2/c14-13(15)11-3-1-2-10-8-4-6-9(7-5-8)12(10)11/h1-3,8-9H,4-7H2,(H,14,15). The van der Waals surface area contributed by atoms with Gasteiger partial charge in [0.1, 0.15) is 0 Å². The van der Waals surface area contributed by atoms with Crippen molar-refractivity contribution >= 4 is 5.97 Å². The Morgan fingerprint density at radius 2 is 1.80 bits per heavy atom. The Balaban J connectivity index is 2.22. The van der Waals surface area contributed by atoms with Crippen LogP contribution in [0.2, 0.25) is 0 Å². The highest BCUT2D eigenvalue weighted by molar-refractivity contribution is 5.90. The van der Waals surface area contributed by atoms with E-state index in [-0.39, 0.29) is 0 Å². The van der Waals surface area contributed by atoms with Crippen molar-refractivity contribution in [2.75, 3.05) is 0 Å².